The van der Waals surface area contributed by atoms with Crippen LogP contribution in [0.25, 0.3) is 0 Å². The summed E-state index contributed by atoms with van der Waals surface area (Å²) in [4.78, 5) is 14.8. The summed E-state index contributed by atoms with van der Waals surface area (Å²) in [5.41, 5.74) is 1.66. The van der Waals surface area contributed by atoms with E-state index in [2.05, 4.69) is 15.5 Å². The Bertz CT molecular complexity index is 918. The molecule has 4 heterocycles. The monoisotopic (exact) mass is 410 g/mol. The second kappa shape index (κ2) is 7.07. The first-order chi connectivity index (χ1) is 13.7. The van der Waals surface area contributed by atoms with E-state index in [9.17, 15) is 18.0 Å². The van der Waals surface area contributed by atoms with Crippen LogP contribution in [0.2, 0.25) is 0 Å². The molecular formula is C19H25F3N6O. The average molecular weight is 410 g/mol. The molecule has 0 radical (unpaired) electrons. The Morgan fingerprint density at radius 3 is 2.72 bits per heavy atom. The second-order valence-corrected chi connectivity index (χ2v) is 7.90. The second-order valence-electron chi connectivity index (χ2n) is 7.90. The summed E-state index contributed by atoms with van der Waals surface area (Å²) in [5, 5.41) is 11.7. The molecule has 2 aliphatic rings. The molecule has 158 valence electrons. The number of carbonyl (C=O) groups excluding carboxylic acids is 1. The summed E-state index contributed by atoms with van der Waals surface area (Å²) in [6.45, 7) is 4.19. The van der Waals surface area contributed by atoms with Gasteiger partial charge in [0.15, 0.2) is 6.04 Å². The highest BCUT2D eigenvalue weighted by molar-refractivity contribution is 5.95. The van der Waals surface area contributed by atoms with E-state index in [1.165, 1.54) is 0 Å². The molecular weight excluding hydrogens is 385 g/mol. The SMILES string of the molecule is CC[C@@H]1C[C@H](C(F)(F)F)n2nc(C3CCCN3C(=O)c3cn(C)nc3C)cc2N1. The van der Waals surface area contributed by atoms with Crippen LogP contribution in [0.5, 0.6) is 0 Å². The van der Waals surface area contributed by atoms with Crippen molar-refractivity contribution in [1.29, 1.82) is 0 Å². The van der Waals surface area contributed by atoms with E-state index in [0.717, 1.165) is 11.1 Å². The normalized spacial score (nSPS) is 24.5. The molecule has 2 aromatic heterocycles. The summed E-state index contributed by atoms with van der Waals surface area (Å²) in [6.07, 6.45) is -0.678. The third-order valence-electron chi connectivity index (χ3n) is 5.88. The number of anilines is 1. The summed E-state index contributed by atoms with van der Waals surface area (Å²) in [6, 6.07) is -0.565. The summed E-state index contributed by atoms with van der Waals surface area (Å²) in [5.74, 6) is 0.216. The summed E-state index contributed by atoms with van der Waals surface area (Å²) < 4.78 is 43.5. The number of aryl methyl sites for hydroxylation is 2. The number of carbonyl (C=O) groups is 1. The first-order valence-electron chi connectivity index (χ1n) is 9.93. The van der Waals surface area contributed by atoms with Crippen molar-refractivity contribution in [2.45, 2.75) is 63.8 Å². The zero-order valence-electron chi connectivity index (χ0n) is 16.7. The van der Waals surface area contributed by atoms with Gasteiger partial charge in [0.25, 0.3) is 5.91 Å². The lowest BCUT2D eigenvalue weighted by molar-refractivity contribution is -0.173. The Kier molecular flexibility index (Phi) is 4.82. The van der Waals surface area contributed by atoms with Crippen LogP contribution in [0.15, 0.2) is 12.3 Å². The van der Waals surface area contributed by atoms with Crippen molar-refractivity contribution in [2.24, 2.45) is 7.05 Å². The van der Waals surface area contributed by atoms with Gasteiger partial charge in [-0.3, -0.25) is 9.48 Å². The van der Waals surface area contributed by atoms with Crippen molar-refractivity contribution in [2.75, 3.05) is 11.9 Å². The molecule has 0 aromatic carbocycles. The van der Waals surface area contributed by atoms with Crippen molar-refractivity contribution in [3.05, 3.63) is 29.2 Å². The fraction of sp³-hybridized carbons (Fsp3) is 0.632. The van der Waals surface area contributed by atoms with Gasteiger partial charge in [0, 0.05) is 31.9 Å². The first-order valence-corrected chi connectivity index (χ1v) is 9.93. The molecule has 0 spiro atoms. The Balaban J connectivity index is 1.66. The molecule has 7 nitrogen and oxygen atoms in total. The van der Waals surface area contributed by atoms with Crippen LogP contribution in [-0.2, 0) is 7.05 Å². The molecule has 1 unspecified atom stereocenters. The number of fused-ring (bicyclic) bond motifs is 1. The van der Waals surface area contributed by atoms with Gasteiger partial charge in [-0.2, -0.15) is 23.4 Å². The molecule has 0 saturated carbocycles. The standard InChI is InChI=1S/C19H25F3N6O/c1-4-12-8-16(19(20,21)22)28-17(23-12)9-14(25-28)15-6-5-7-27(15)18(29)13-10-26(3)24-11(13)2/h9-10,12,15-16,23H,4-8H2,1-3H3/t12-,15?,16-/m1/s1. The Hall–Kier alpha value is -2.52. The predicted octanol–water partition coefficient (Wildman–Crippen LogP) is 3.60. The number of hydrogen-bond donors (Lipinski definition) is 1. The van der Waals surface area contributed by atoms with Crippen LogP contribution < -0.4 is 5.32 Å². The number of nitrogens with zero attached hydrogens (tertiary/aromatic N) is 5. The molecule has 29 heavy (non-hydrogen) atoms. The maximum Gasteiger partial charge on any atom is 0.410 e. The van der Waals surface area contributed by atoms with Crippen molar-refractivity contribution in [3.8, 4) is 0 Å². The minimum absolute atomic E-state index is 0.0453. The lowest BCUT2D eigenvalue weighted by Gasteiger charge is -2.32. The largest absolute Gasteiger partial charge is 0.410 e. The van der Waals surface area contributed by atoms with Crippen molar-refractivity contribution >= 4 is 11.7 Å². The van der Waals surface area contributed by atoms with Crippen LogP contribution in [-0.4, -0.2) is 49.1 Å². The quantitative estimate of drug-likeness (QED) is 0.840. The van der Waals surface area contributed by atoms with Crippen LogP contribution in [0, 0.1) is 6.92 Å². The van der Waals surface area contributed by atoms with Crippen LogP contribution in [0.1, 0.15) is 66.4 Å². The zero-order chi connectivity index (χ0) is 20.9. The molecule has 1 saturated heterocycles. The number of amides is 1. The van der Waals surface area contributed by atoms with Crippen molar-refractivity contribution in [1.82, 2.24) is 24.5 Å². The molecule has 10 heteroatoms. The van der Waals surface area contributed by atoms with Crippen molar-refractivity contribution in [3.63, 3.8) is 0 Å². The Labute approximate surface area is 166 Å². The Morgan fingerprint density at radius 1 is 1.34 bits per heavy atom. The molecule has 1 amide bonds. The van der Waals surface area contributed by atoms with Crippen molar-refractivity contribution < 1.29 is 18.0 Å². The Morgan fingerprint density at radius 2 is 2.10 bits per heavy atom. The third kappa shape index (κ3) is 3.49. The molecule has 1 fully saturated rings. The fourth-order valence-electron chi connectivity index (χ4n) is 4.38. The molecule has 4 rings (SSSR count). The van der Waals surface area contributed by atoms with Gasteiger partial charge in [-0.25, -0.2) is 4.68 Å². The minimum Gasteiger partial charge on any atom is -0.367 e. The number of likely N-dealkylation sites (tertiary alicyclic amines) is 1. The zero-order valence-corrected chi connectivity index (χ0v) is 16.7. The predicted molar refractivity (Wildman–Crippen MR) is 101 cm³/mol. The van der Waals surface area contributed by atoms with Gasteiger partial charge < -0.3 is 10.2 Å². The highest BCUT2D eigenvalue weighted by Gasteiger charge is 2.46. The van der Waals surface area contributed by atoms with E-state index in [-0.39, 0.29) is 24.4 Å². The first kappa shape index (κ1) is 19.8. The van der Waals surface area contributed by atoms with Gasteiger partial charge in [-0.1, -0.05) is 6.92 Å². The topological polar surface area (TPSA) is 68.0 Å². The number of aromatic nitrogens is 4. The highest BCUT2D eigenvalue weighted by atomic mass is 19.4. The number of halogens is 3. The minimum atomic E-state index is -4.37. The van der Waals surface area contributed by atoms with Gasteiger partial charge in [-0.05, 0) is 32.6 Å². The van der Waals surface area contributed by atoms with Gasteiger partial charge in [0.05, 0.1) is 23.0 Å². The third-order valence-corrected chi connectivity index (χ3v) is 5.88. The van der Waals surface area contributed by atoms with Gasteiger partial charge in [-0.15, -0.1) is 0 Å². The smallest absolute Gasteiger partial charge is 0.367 e. The van der Waals surface area contributed by atoms with Crippen LogP contribution in [0.3, 0.4) is 0 Å². The number of nitrogens with one attached hydrogen (secondary N) is 1. The van der Waals surface area contributed by atoms with Gasteiger partial charge in [0.2, 0.25) is 0 Å². The average Bonchev–Trinajstić information content (AvgIpc) is 3.36. The van der Waals surface area contributed by atoms with E-state index in [4.69, 9.17) is 0 Å². The summed E-state index contributed by atoms with van der Waals surface area (Å²) >= 11 is 0. The molecule has 2 aliphatic heterocycles. The maximum absolute atomic E-state index is 13.6. The van der Waals surface area contributed by atoms with Gasteiger partial charge in [0.1, 0.15) is 5.82 Å². The molecule has 2 aromatic rings. The lowest BCUT2D eigenvalue weighted by Crippen LogP contribution is -2.39. The molecule has 3 atom stereocenters. The number of alkyl halides is 3. The van der Waals surface area contributed by atoms with E-state index in [1.54, 1.807) is 35.8 Å². The maximum atomic E-state index is 13.6. The highest BCUT2D eigenvalue weighted by Crippen LogP contribution is 2.42. The van der Waals surface area contributed by atoms with Crippen LogP contribution >= 0.6 is 0 Å². The lowest BCUT2D eigenvalue weighted by atomic mass is 10.0. The molecule has 0 aliphatic carbocycles. The summed E-state index contributed by atoms with van der Waals surface area (Å²) in [7, 11) is 1.75. The fourth-order valence-corrected chi connectivity index (χ4v) is 4.38. The molecule has 1 N–H and O–H groups in total. The molecule has 0 bridgehead atoms. The van der Waals surface area contributed by atoms with E-state index in [0.29, 0.717) is 42.2 Å². The number of hydrogen-bond acceptors (Lipinski definition) is 4. The van der Waals surface area contributed by atoms with E-state index < -0.39 is 12.2 Å². The van der Waals surface area contributed by atoms with E-state index in [1.807, 2.05) is 6.92 Å². The number of rotatable bonds is 3. The van der Waals surface area contributed by atoms with E-state index >= 15 is 0 Å². The van der Waals surface area contributed by atoms with Crippen LogP contribution in [0.4, 0.5) is 19.0 Å². The van der Waals surface area contributed by atoms with Gasteiger partial charge >= 0.3 is 6.18 Å².